The molecule has 162 valence electrons. The smallest absolute Gasteiger partial charge is 0.266 e. The summed E-state index contributed by atoms with van der Waals surface area (Å²) >= 11 is 15.7. The molecule has 0 aromatic heterocycles. The number of hydroxylamine groups is 1. The summed E-state index contributed by atoms with van der Waals surface area (Å²) in [7, 11) is 0. The molecule has 2 amide bonds. The molecule has 2 fully saturated rings. The van der Waals surface area contributed by atoms with Gasteiger partial charge < -0.3 is 0 Å². The Hall–Kier alpha value is -2.38. The number of hydrogen-bond donors (Lipinski definition) is 0. The van der Waals surface area contributed by atoms with Gasteiger partial charge in [0.2, 0.25) is 5.91 Å². The number of fused-ring (bicyclic) bond motifs is 1. The molecule has 0 radical (unpaired) electrons. The third-order valence-electron chi connectivity index (χ3n) is 5.98. The quantitative estimate of drug-likeness (QED) is 0.378. The van der Waals surface area contributed by atoms with Gasteiger partial charge in [-0.15, -0.1) is 0 Å². The molecule has 0 bridgehead atoms. The van der Waals surface area contributed by atoms with Crippen molar-refractivity contribution >= 4 is 62.3 Å². The van der Waals surface area contributed by atoms with E-state index in [0.717, 1.165) is 20.6 Å². The molecule has 3 aromatic carbocycles. The Morgan fingerprint density at radius 1 is 0.906 bits per heavy atom. The summed E-state index contributed by atoms with van der Waals surface area (Å²) in [4.78, 5) is 34.7. The monoisotopic (exact) mass is 530 g/mol. The molecule has 2 aliphatic heterocycles. The van der Waals surface area contributed by atoms with Crippen LogP contribution in [0.3, 0.4) is 0 Å². The molecule has 2 saturated heterocycles. The van der Waals surface area contributed by atoms with Gasteiger partial charge in [-0.25, -0.2) is 9.96 Å². The van der Waals surface area contributed by atoms with E-state index in [4.69, 9.17) is 28.0 Å². The van der Waals surface area contributed by atoms with Crippen LogP contribution in [-0.4, -0.2) is 17.9 Å². The lowest BCUT2D eigenvalue weighted by Gasteiger charge is -2.32. The summed E-state index contributed by atoms with van der Waals surface area (Å²) in [5.74, 6) is -0.812. The Balaban J connectivity index is 1.65. The molecule has 0 spiro atoms. The van der Waals surface area contributed by atoms with E-state index in [9.17, 15) is 9.59 Å². The molecule has 32 heavy (non-hydrogen) atoms. The van der Waals surface area contributed by atoms with Crippen molar-refractivity contribution in [1.82, 2.24) is 0 Å². The van der Waals surface area contributed by atoms with E-state index < -0.39 is 23.5 Å². The van der Waals surface area contributed by atoms with Crippen molar-refractivity contribution in [3.63, 3.8) is 0 Å². The molecule has 2 heterocycles. The number of benzene rings is 3. The highest BCUT2D eigenvalue weighted by Gasteiger charge is 2.68. The van der Waals surface area contributed by atoms with E-state index >= 15 is 0 Å². The van der Waals surface area contributed by atoms with Gasteiger partial charge in [0.05, 0.1) is 17.4 Å². The topological polar surface area (TPSA) is 49.9 Å². The van der Waals surface area contributed by atoms with Crippen LogP contribution in [0.25, 0.3) is 0 Å². The van der Waals surface area contributed by atoms with Crippen molar-refractivity contribution in [3.8, 4) is 0 Å². The van der Waals surface area contributed by atoms with Gasteiger partial charge in [-0.3, -0.25) is 14.4 Å². The van der Waals surface area contributed by atoms with E-state index in [1.54, 1.807) is 30.2 Å². The van der Waals surface area contributed by atoms with E-state index in [-0.39, 0.29) is 5.91 Å². The molecule has 0 saturated carbocycles. The normalized spacial score (nSPS) is 24.9. The van der Waals surface area contributed by atoms with Crippen molar-refractivity contribution in [2.75, 3.05) is 9.96 Å². The van der Waals surface area contributed by atoms with Crippen LogP contribution in [0.15, 0.2) is 77.3 Å². The number of anilines is 2. The van der Waals surface area contributed by atoms with E-state index in [0.29, 0.717) is 15.7 Å². The summed E-state index contributed by atoms with van der Waals surface area (Å²) in [5.41, 5.74) is 0.774. The van der Waals surface area contributed by atoms with Gasteiger partial charge in [0, 0.05) is 14.5 Å². The molecule has 0 N–H and O–H groups in total. The fourth-order valence-corrected chi connectivity index (χ4v) is 5.26. The van der Waals surface area contributed by atoms with E-state index in [1.807, 2.05) is 54.6 Å². The zero-order valence-electron chi connectivity index (χ0n) is 16.8. The first-order valence-electron chi connectivity index (χ1n) is 9.91. The second-order valence-corrected chi connectivity index (χ2v) is 9.78. The number of carbonyl (C=O) groups excluding carboxylic acids is 2. The van der Waals surface area contributed by atoms with Crippen LogP contribution in [0.2, 0.25) is 10.0 Å². The average Bonchev–Trinajstić information content (AvgIpc) is 3.17. The number of hydrogen-bond acceptors (Lipinski definition) is 4. The van der Waals surface area contributed by atoms with Gasteiger partial charge in [0.15, 0.2) is 6.10 Å². The van der Waals surface area contributed by atoms with Gasteiger partial charge in [-0.1, -0.05) is 69.5 Å². The van der Waals surface area contributed by atoms with Crippen molar-refractivity contribution in [1.29, 1.82) is 0 Å². The molecule has 5 rings (SSSR count). The standard InChI is InChI=1S/C24H17BrCl2N2O3/c1-24-20(14-7-9-15(25)10-8-14)29(18-5-3-2-4-6-18)32-21(24)22(30)28(23(24)31)19-12-16(26)11-17(27)13-19/h2-13,20-21H,1H3. The minimum atomic E-state index is -1.17. The molecule has 5 nitrogen and oxygen atoms in total. The zero-order valence-corrected chi connectivity index (χ0v) is 19.9. The zero-order chi connectivity index (χ0) is 22.6. The number of para-hydroxylation sites is 1. The second-order valence-electron chi connectivity index (χ2n) is 7.99. The summed E-state index contributed by atoms with van der Waals surface area (Å²) in [6.07, 6.45) is -0.999. The number of amides is 2. The van der Waals surface area contributed by atoms with Gasteiger partial charge in [-0.2, -0.15) is 0 Å². The maximum Gasteiger partial charge on any atom is 0.266 e. The summed E-state index contributed by atoms with van der Waals surface area (Å²) in [5, 5.41) is 2.35. The van der Waals surface area contributed by atoms with Crippen molar-refractivity contribution in [3.05, 3.63) is 92.9 Å². The van der Waals surface area contributed by atoms with Crippen LogP contribution >= 0.6 is 39.1 Å². The molecular weight excluding hydrogens is 515 g/mol. The van der Waals surface area contributed by atoms with E-state index in [1.165, 1.54) is 0 Å². The summed E-state index contributed by atoms with van der Waals surface area (Å²) < 4.78 is 0.914. The number of rotatable bonds is 3. The second kappa shape index (κ2) is 7.89. The van der Waals surface area contributed by atoms with Crippen molar-refractivity contribution in [2.24, 2.45) is 5.41 Å². The summed E-state index contributed by atoms with van der Waals surface area (Å²) in [6, 6.07) is 21.3. The third kappa shape index (κ3) is 3.25. The number of halogens is 3. The SMILES string of the molecule is CC12C(=O)N(c3cc(Cl)cc(Cl)c3)C(=O)C1ON(c1ccccc1)C2c1ccc(Br)cc1. The fraction of sp³-hybridized carbons (Fsp3) is 0.167. The Labute approximate surface area is 203 Å². The van der Waals surface area contributed by atoms with Gasteiger partial charge >= 0.3 is 0 Å². The third-order valence-corrected chi connectivity index (χ3v) is 6.94. The van der Waals surface area contributed by atoms with Crippen LogP contribution in [-0.2, 0) is 14.4 Å². The lowest BCUT2D eigenvalue weighted by atomic mass is 9.76. The van der Waals surface area contributed by atoms with Crippen LogP contribution in [0, 0.1) is 5.41 Å². The Morgan fingerprint density at radius 2 is 1.53 bits per heavy atom. The molecule has 3 atom stereocenters. The highest BCUT2D eigenvalue weighted by Crippen LogP contribution is 2.55. The molecule has 2 aliphatic rings. The number of nitrogens with zero attached hydrogens (tertiary/aromatic N) is 2. The largest absolute Gasteiger partial charge is 0.273 e. The van der Waals surface area contributed by atoms with Crippen LogP contribution < -0.4 is 9.96 Å². The minimum absolute atomic E-state index is 0.331. The molecule has 8 heteroatoms. The lowest BCUT2D eigenvalue weighted by molar-refractivity contribution is -0.128. The minimum Gasteiger partial charge on any atom is -0.273 e. The van der Waals surface area contributed by atoms with Crippen LogP contribution in [0.4, 0.5) is 11.4 Å². The first-order chi connectivity index (χ1) is 15.3. The molecule has 3 aromatic rings. The highest BCUT2D eigenvalue weighted by atomic mass is 79.9. The van der Waals surface area contributed by atoms with Crippen molar-refractivity contribution < 1.29 is 14.4 Å². The van der Waals surface area contributed by atoms with Crippen molar-refractivity contribution in [2.45, 2.75) is 19.1 Å². The predicted molar refractivity (Wildman–Crippen MR) is 128 cm³/mol. The maximum absolute atomic E-state index is 13.9. The number of imide groups is 1. The first-order valence-corrected chi connectivity index (χ1v) is 11.5. The van der Waals surface area contributed by atoms with E-state index in [2.05, 4.69) is 15.9 Å². The van der Waals surface area contributed by atoms with Crippen LogP contribution in [0.1, 0.15) is 18.5 Å². The molecule has 0 aliphatic carbocycles. The first kappa shape index (κ1) is 21.5. The maximum atomic E-state index is 13.9. The summed E-state index contributed by atoms with van der Waals surface area (Å²) in [6.45, 7) is 1.78. The number of carbonyl (C=O) groups is 2. The molecular formula is C24H17BrCl2N2O3. The van der Waals surface area contributed by atoms with Gasteiger partial charge in [-0.05, 0) is 55.0 Å². The Bertz CT molecular complexity index is 1200. The molecule has 3 unspecified atom stereocenters. The Kier molecular flexibility index (Phi) is 5.29. The van der Waals surface area contributed by atoms with Gasteiger partial charge in [0.25, 0.3) is 5.91 Å². The average molecular weight is 532 g/mol. The highest BCUT2D eigenvalue weighted by molar-refractivity contribution is 9.10. The lowest BCUT2D eigenvalue weighted by Crippen LogP contribution is -2.41. The van der Waals surface area contributed by atoms with Gasteiger partial charge in [0.1, 0.15) is 5.41 Å². The fourth-order valence-electron chi connectivity index (χ4n) is 4.48. The predicted octanol–water partition coefficient (Wildman–Crippen LogP) is 6.20. The Morgan fingerprint density at radius 3 is 2.16 bits per heavy atom. The van der Waals surface area contributed by atoms with Crippen LogP contribution in [0.5, 0.6) is 0 Å².